The van der Waals surface area contributed by atoms with Gasteiger partial charge in [-0.05, 0) is 24.3 Å². The smallest absolute Gasteiger partial charge is 0.322 e. The van der Waals surface area contributed by atoms with Crippen LogP contribution in [0.15, 0.2) is 24.3 Å². The van der Waals surface area contributed by atoms with E-state index in [0.29, 0.717) is 31.2 Å². The summed E-state index contributed by atoms with van der Waals surface area (Å²) in [5, 5.41) is 9.68. The molecule has 1 aromatic carbocycles. The molecule has 1 aliphatic rings. The van der Waals surface area contributed by atoms with E-state index in [2.05, 4.69) is 4.90 Å². The molecule has 0 aromatic heterocycles. The lowest BCUT2D eigenvalue weighted by Crippen LogP contribution is -2.62. The normalized spacial score (nSPS) is 18.7. The third kappa shape index (κ3) is 3.68. The van der Waals surface area contributed by atoms with Crippen molar-refractivity contribution in [3.8, 4) is 0 Å². The lowest BCUT2D eigenvalue weighted by molar-refractivity contribution is -0.143. The Kier molecular flexibility index (Phi) is 5.23. The molecule has 1 saturated heterocycles. The van der Waals surface area contributed by atoms with Gasteiger partial charge in [0.05, 0.1) is 0 Å². The third-order valence-corrected chi connectivity index (χ3v) is 4.07. The number of aliphatic carboxylic acids is 1. The number of anilines is 1. The molecule has 0 radical (unpaired) electrons. The van der Waals surface area contributed by atoms with Gasteiger partial charge in [0.15, 0.2) is 0 Å². The van der Waals surface area contributed by atoms with E-state index in [1.807, 2.05) is 24.3 Å². The Morgan fingerprint density at radius 3 is 2.14 bits per heavy atom. The first-order chi connectivity index (χ1) is 10.4. The number of carbonyl (C=O) groups is 2. The minimum Gasteiger partial charge on any atom is -0.480 e. The number of amides is 1. The number of nitrogens with two attached hydrogens (primary N) is 2. The molecule has 0 saturated carbocycles. The van der Waals surface area contributed by atoms with Crippen LogP contribution in [0, 0.1) is 0 Å². The summed E-state index contributed by atoms with van der Waals surface area (Å²) in [5.41, 5.74) is 11.9. The average Bonchev–Trinajstić information content (AvgIpc) is 2.48. The summed E-state index contributed by atoms with van der Waals surface area (Å²) < 4.78 is 0. The van der Waals surface area contributed by atoms with Gasteiger partial charge in [-0.25, -0.2) is 0 Å². The van der Waals surface area contributed by atoms with Gasteiger partial charge in [0.1, 0.15) is 12.1 Å². The largest absolute Gasteiger partial charge is 0.480 e. The molecule has 1 aliphatic heterocycles. The van der Waals surface area contributed by atoms with E-state index in [1.165, 1.54) is 0 Å². The predicted molar refractivity (Wildman–Crippen MR) is 83.8 cm³/mol. The van der Waals surface area contributed by atoms with Crippen LogP contribution < -0.4 is 16.4 Å². The zero-order valence-corrected chi connectivity index (χ0v) is 12.7. The van der Waals surface area contributed by atoms with Crippen LogP contribution in [-0.2, 0) is 9.59 Å². The number of rotatable bonds is 5. The predicted octanol–water partition coefficient (Wildman–Crippen LogP) is -0.272. The summed E-state index contributed by atoms with van der Waals surface area (Å²) in [4.78, 5) is 26.4. The molecule has 0 spiro atoms. The average molecular weight is 327 g/mol. The molecule has 8 heteroatoms. The molecule has 1 heterocycles. The van der Waals surface area contributed by atoms with Gasteiger partial charge in [-0.15, -0.1) is 0 Å². The minimum atomic E-state index is -1.32. The molecule has 120 valence electrons. The zero-order valence-electron chi connectivity index (χ0n) is 12.0. The molecular weight excluding hydrogens is 308 g/mol. The molecule has 2 atom stereocenters. The first-order valence-corrected chi connectivity index (χ1v) is 7.30. The topological polar surface area (TPSA) is 113 Å². The first kappa shape index (κ1) is 16.5. The SMILES string of the molecule is NC(=O)C([C@H](N)C(=O)O)N1CCN(c2ccc(Cl)cc2)CC1. The van der Waals surface area contributed by atoms with Crippen LogP contribution in [0.5, 0.6) is 0 Å². The molecular formula is C14H19ClN4O3. The van der Waals surface area contributed by atoms with Crippen molar-refractivity contribution in [1.29, 1.82) is 0 Å². The molecule has 1 unspecified atom stereocenters. The van der Waals surface area contributed by atoms with E-state index in [9.17, 15) is 9.59 Å². The second-order valence-corrected chi connectivity index (χ2v) is 5.65. The number of primary amides is 1. The molecule has 1 fully saturated rings. The quantitative estimate of drug-likeness (QED) is 0.686. The highest BCUT2D eigenvalue weighted by molar-refractivity contribution is 6.30. The Hall–Kier alpha value is -1.83. The van der Waals surface area contributed by atoms with Crippen molar-refractivity contribution in [1.82, 2.24) is 4.90 Å². The van der Waals surface area contributed by atoms with E-state index in [1.54, 1.807) is 4.90 Å². The van der Waals surface area contributed by atoms with Gasteiger partial charge in [-0.3, -0.25) is 14.5 Å². The number of benzene rings is 1. The molecule has 2 rings (SSSR count). The fourth-order valence-electron chi connectivity index (χ4n) is 2.63. The Bertz CT molecular complexity index is 544. The monoisotopic (exact) mass is 326 g/mol. The highest BCUT2D eigenvalue weighted by Crippen LogP contribution is 2.20. The van der Waals surface area contributed by atoms with Crippen LogP contribution in [-0.4, -0.2) is 60.1 Å². The van der Waals surface area contributed by atoms with Crippen molar-refractivity contribution >= 4 is 29.2 Å². The summed E-state index contributed by atoms with van der Waals surface area (Å²) >= 11 is 5.87. The van der Waals surface area contributed by atoms with Gasteiger partial charge in [0.2, 0.25) is 5.91 Å². The third-order valence-electron chi connectivity index (χ3n) is 3.82. The van der Waals surface area contributed by atoms with E-state index >= 15 is 0 Å². The number of piperazine rings is 1. The van der Waals surface area contributed by atoms with Crippen LogP contribution in [0.1, 0.15) is 0 Å². The molecule has 0 bridgehead atoms. The number of halogens is 1. The van der Waals surface area contributed by atoms with Crippen LogP contribution in [0.4, 0.5) is 5.69 Å². The highest BCUT2D eigenvalue weighted by atomic mass is 35.5. The molecule has 5 N–H and O–H groups in total. The van der Waals surface area contributed by atoms with Gasteiger partial charge >= 0.3 is 5.97 Å². The summed E-state index contributed by atoms with van der Waals surface area (Å²) in [6, 6.07) is 5.16. The van der Waals surface area contributed by atoms with Crippen molar-refractivity contribution in [2.75, 3.05) is 31.1 Å². The maximum Gasteiger partial charge on any atom is 0.322 e. The van der Waals surface area contributed by atoms with Crippen molar-refractivity contribution < 1.29 is 14.7 Å². The Labute approximate surface area is 133 Å². The summed E-state index contributed by atoms with van der Waals surface area (Å²) in [6.45, 7) is 2.32. The van der Waals surface area contributed by atoms with Crippen molar-refractivity contribution in [2.45, 2.75) is 12.1 Å². The number of hydrogen-bond donors (Lipinski definition) is 3. The maximum absolute atomic E-state index is 11.5. The Morgan fingerprint density at radius 2 is 1.68 bits per heavy atom. The number of hydrogen-bond acceptors (Lipinski definition) is 5. The zero-order chi connectivity index (χ0) is 16.3. The second-order valence-electron chi connectivity index (χ2n) is 5.21. The van der Waals surface area contributed by atoms with E-state index < -0.39 is 24.0 Å². The van der Waals surface area contributed by atoms with Crippen LogP contribution in [0.2, 0.25) is 5.02 Å². The van der Waals surface area contributed by atoms with Crippen molar-refractivity contribution in [3.05, 3.63) is 29.3 Å². The molecule has 7 nitrogen and oxygen atoms in total. The van der Waals surface area contributed by atoms with E-state index in [0.717, 1.165) is 5.69 Å². The van der Waals surface area contributed by atoms with Crippen molar-refractivity contribution in [2.24, 2.45) is 11.5 Å². The molecule has 0 aliphatic carbocycles. The molecule has 1 aromatic rings. The van der Waals surface area contributed by atoms with Gasteiger partial charge in [-0.1, -0.05) is 11.6 Å². The van der Waals surface area contributed by atoms with Gasteiger partial charge < -0.3 is 21.5 Å². The Balaban J connectivity index is 2.02. The van der Waals surface area contributed by atoms with E-state index in [-0.39, 0.29) is 0 Å². The van der Waals surface area contributed by atoms with Gasteiger partial charge in [0.25, 0.3) is 0 Å². The van der Waals surface area contributed by atoms with Gasteiger partial charge in [0, 0.05) is 36.9 Å². The fourth-order valence-corrected chi connectivity index (χ4v) is 2.76. The summed E-state index contributed by atoms with van der Waals surface area (Å²) in [5.74, 6) is -1.95. The van der Waals surface area contributed by atoms with Crippen molar-refractivity contribution in [3.63, 3.8) is 0 Å². The minimum absolute atomic E-state index is 0.511. The number of nitrogens with zero attached hydrogens (tertiary/aromatic N) is 2. The molecule has 1 amide bonds. The number of carbonyl (C=O) groups excluding carboxylic acids is 1. The van der Waals surface area contributed by atoms with Crippen LogP contribution in [0.3, 0.4) is 0 Å². The lowest BCUT2D eigenvalue weighted by Gasteiger charge is -2.40. The Morgan fingerprint density at radius 1 is 1.14 bits per heavy atom. The van der Waals surface area contributed by atoms with Gasteiger partial charge in [-0.2, -0.15) is 0 Å². The summed E-state index contributed by atoms with van der Waals surface area (Å²) in [7, 11) is 0. The standard InChI is InChI=1S/C14H19ClN4O3/c15-9-1-3-10(4-2-9)18-5-7-19(8-6-18)12(13(17)20)11(16)14(21)22/h1-4,11-12H,5-8,16H2,(H2,17,20)(H,21,22)/t11-,12?/m0/s1. The maximum atomic E-state index is 11.5. The van der Waals surface area contributed by atoms with Crippen LogP contribution >= 0.6 is 11.6 Å². The second kappa shape index (κ2) is 6.95. The van der Waals surface area contributed by atoms with Crippen LogP contribution in [0.25, 0.3) is 0 Å². The molecule has 22 heavy (non-hydrogen) atoms. The van der Waals surface area contributed by atoms with E-state index in [4.69, 9.17) is 28.2 Å². The highest BCUT2D eigenvalue weighted by Gasteiger charge is 2.36. The first-order valence-electron chi connectivity index (χ1n) is 6.92. The number of carboxylic acids is 1. The summed E-state index contributed by atoms with van der Waals surface area (Å²) in [6.07, 6.45) is 0. The fraction of sp³-hybridized carbons (Fsp3) is 0.429. The number of carboxylic acid groups (broad SMARTS) is 1. The lowest BCUT2D eigenvalue weighted by atomic mass is 10.1.